The molecule has 0 bridgehead atoms. The van der Waals surface area contributed by atoms with Gasteiger partial charge in [0, 0.05) is 24.3 Å². The van der Waals surface area contributed by atoms with Crippen LogP contribution in [0.1, 0.15) is 29.2 Å². The van der Waals surface area contributed by atoms with Gasteiger partial charge in [-0.25, -0.2) is 4.98 Å². The molecule has 1 aromatic carbocycles. The number of anilines is 1. The number of carboxylic acids is 1. The van der Waals surface area contributed by atoms with Gasteiger partial charge in [0.1, 0.15) is 11.9 Å². The second-order valence-corrected chi connectivity index (χ2v) is 8.16. The first-order valence-electron chi connectivity index (χ1n) is 9.23. The van der Waals surface area contributed by atoms with Gasteiger partial charge in [-0.15, -0.1) is 0 Å². The maximum Gasteiger partial charge on any atom is 0.412 e. The average molecular weight is 462 g/mol. The molecule has 1 unspecified atom stereocenters. The topological polar surface area (TPSA) is 65.5 Å². The quantitative estimate of drug-likeness (QED) is 0.609. The molecule has 1 saturated heterocycles. The molecule has 0 amide bonds. The number of aliphatic carboxylic acids is 1. The van der Waals surface area contributed by atoms with Gasteiger partial charge in [0.2, 0.25) is 0 Å². The lowest BCUT2D eigenvalue weighted by Gasteiger charge is -2.24. The minimum absolute atomic E-state index is 0.0199. The molecular formula is C20H20Cl2F3N3O2. The van der Waals surface area contributed by atoms with Gasteiger partial charge < -0.3 is 10.4 Å². The van der Waals surface area contributed by atoms with Crippen LogP contribution in [0.15, 0.2) is 30.5 Å². The first kappa shape index (κ1) is 22.7. The van der Waals surface area contributed by atoms with E-state index < -0.39 is 24.1 Å². The molecule has 30 heavy (non-hydrogen) atoms. The van der Waals surface area contributed by atoms with Gasteiger partial charge in [-0.05, 0) is 48.7 Å². The van der Waals surface area contributed by atoms with E-state index in [2.05, 4.69) is 10.3 Å². The van der Waals surface area contributed by atoms with Crippen molar-refractivity contribution in [2.75, 3.05) is 18.4 Å². The number of halogens is 5. The minimum atomic E-state index is -4.56. The second kappa shape index (κ2) is 8.99. The van der Waals surface area contributed by atoms with Gasteiger partial charge in [0.15, 0.2) is 0 Å². The number of pyridine rings is 1. The van der Waals surface area contributed by atoms with Crippen molar-refractivity contribution in [3.05, 3.63) is 57.2 Å². The molecule has 162 valence electrons. The summed E-state index contributed by atoms with van der Waals surface area (Å²) in [4.78, 5) is 17.0. The van der Waals surface area contributed by atoms with Crippen LogP contribution in [0.3, 0.4) is 0 Å². The molecule has 1 aliphatic heterocycles. The highest BCUT2D eigenvalue weighted by atomic mass is 35.5. The van der Waals surface area contributed by atoms with Crippen molar-refractivity contribution in [2.24, 2.45) is 5.92 Å². The van der Waals surface area contributed by atoms with Gasteiger partial charge in [-0.2, -0.15) is 13.2 Å². The molecule has 5 nitrogen and oxygen atoms in total. The summed E-state index contributed by atoms with van der Waals surface area (Å²) >= 11 is 12.1. The van der Waals surface area contributed by atoms with E-state index in [1.165, 1.54) is 30.5 Å². The van der Waals surface area contributed by atoms with Gasteiger partial charge in [0.05, 0.1) is 10.9 Å². The third-order valence-electron chi connectivity index (χ3n) is 5.09. The fourth-order valence-corrected chi connectivity index (χ4v) is 3.73. The van der Waals surface area contributed by atoms with Crippen LogP contribution in [-0.4, -0.2) is 40.2 Å². The molecular weight excluding hydrogens is 442 g/mol. The number of benzene rings is 1. The zero-order valence-electron chi connectivity index (χ0n) is 16.0. The predicted octanol–water partition coefficient (Wildman–Crippen LogP) is 5.32. The average Bonchev–Trinajstić information content (AvgIpc) is 3.12. The first-order valence-corrected chi connectivity index (χ1v) is 9.99. The summed E-state index contributed by atoms with van der Waals surface area (Å²) in [6, 6.07) is 3.64. The fourth-order valence-electron chi connectivity index (χ4n) is 3.45. The van der Waals surface area contributed by atoms with Crippen LogP contribution >= 0.6 is 23.2 Å². The fraction of sp³-hybridized carbons (Fsp3) is 0.400. The summed E-state index contributed by atoms with van der Waals surface area (Å²) in [5, 5.41) is 12.3. The lowest BCUT2D eigenvalue weighted by molar-refractivity contribution is -0.144. The Morgan fingerprint density at radius 2 is 2.07 bits per heavy atom. The van der Waals surface area contributed by atoms with Crippen molar-refractivity contribution in [1.29, 1.82) is 0 Å². The molecule has 2 heterocycles. The Morgan fingerprint density at radius 1 is 1.33 bits per heavy atom. The van der Waals surface area contributed by atoms with E-state index in [9.17, 15) is 18.0 Å². The van der Waals surface area contributed by atoms with E-state index in [1.54, 1.807) is 6.92 Å². The summed E-state index contributed by atoms with van der Waals surface area (Å²) < 4.78 is 41.2. The highest BCUT2D eigenvalue weighted by Crippen LogP contribution is 2.37. The maximum absolute atomic E-state index is 13.7. The van der Waals surface area contributed by atoms with Crippen molar-refractivity contribution in [2.45, 2.75) is 32.1 Å². The summed E-state index contributed by atoms with van der Waals surface area (Å²) in [5.41, 5.74) is 1.14. The number of carboxylic acid groups (broad SMARTS) is 1. The molecule has 1 fully saturated rings. The summed E-state index contributed by atoms with van der Waals surface area (Å²) in [5.74, 6) is -1.28. The number of aryl methyl sites for hydroxylation is 1. The number of rotatable bonds is 6. The normalized spacial score (nSPS) is 18.4. The van der Waals surface area contributed by atoms with Gasteiger partial charge >= 0.3 is 12.1 Å². The Hall–Kier alpha value is -2.03. The van der Waals surface area contributed by atoms with E-state index in [-0.39, 0.29) is 11.4 Å². The van der Waals surface area contributed by atoms with E-state index in [0.29, 0.717) is 47.2 Å². The van der Waals surface area contributed by atoms with Crippen LogP contribution in [0.4, 0.5) is 19.0 Å². The number of hydrogen-bond donors (Lipinski definition) is 2. The zero-order chi connectivity index (χ0) is 22.1. The van der Waals surface area contributed by atoms with E-state index in [0.717, 1.165) is 0 Å². The smallest absolute Gasteiger partial charge is 0.412 e. The SMILES string of the molecule is Cc1cc([C@H](Nc2cc(CN3CCC(C(=O)O)C3)c(Cl)cn2)C(F)(F)F)ccc1Cl. The molecule has 0 radical (unpaired) electrons. The molecule has 3 rings (SSSR count). The highest BCUT2D eigenvalue weighted by Gasteiger charge is 2.41. The van der Waals surface area contributed by atoms with Crippen LogP contribution in [0.5, 0.6) is 0 Å². The van der Waals surface area contributed by atoms with Crippen LogP contribution in [0, 0.1) is 12.8 Å². The summed E-state index contributed by atoms with van der Waals surface area (Å²) in [6.07, 6.45) is -2.74. The van der Waals surface area contributed by atoms with Crippen molar-refractivity contribution in [1.82, 2.24) is 9.88 Å². The number of likely N-dealkylation sites (tertiary alicyclic amines) is 1. The van der Waals surface area contributed by atoms with E-state index >= 15 is 0 Å². The highest BCUT2D eigenvalue weighted by molar-refractivity contribution is 6.31. The molecule has 2 aromatic rings. The summed E-state index contributed by atoms with van der Waals surface area (Å²) in [7, 11) is 0. The van der Waals surface area contributed by atoms with E-state index in [4.69, 9.17) is 28.3 Å². The van der Waals surface area contributed by atoms with Gasteiger partial charge in [-0.1, -0.05) is 35.3 Å². The Morgan fingerprint density at radius 3 is 2.67 bits per heavy atom. The standard InChI is InChI=1S/C20H20Cl2F3N3O2/c1-11-6-12(2-3-15(11)21)18(20(23,24)25)27-17-7-14(16(22)8-26-17)10-28-5-4-13(9-28)19(29)30/h2-3,6-8,13,18H,4-5,9-10H2,1H3,(H,26,27)(H,29,30)/t13?,18-/m0/s1. The van der Waals surface area contributed by atoms with Crippen molar-refractivity contribution in [3.63, 3.8) is 0 Å². The number of aromatic nitrogens is 1. The van der Waals surface area contributed by atoms with Crippen molar-refractivity contribution >= 4 is 35.0 Å². The van der Waals surface area contributed by atoms with Crippen molar-refractivity contribution in [3.8, 4) is 0 Å². The Labute approximate surface area is 181 Å². The zero-order valence-corrected chi connectivity index (χ0v) is 17.5. The Kier molecular flexibility index (Phi) is 6.79. The molecule has 2 N–H and O–H groups in total. The number of nitrogens with zero attached hydrogens (tertiary/aromatic N) is 2. The molecule has 0 saturated carbocycles. The monoisotopic (exact) mass is 461 g/mol. The molecule has 1 aliphatic rings. The number of carbonyl (C=O) groups is 1. The molecule has 1 aromatic heterocycles. The third-order valence-corrected chi connectivity index (χ3v) is 5.85. The number of hydrogen-bond acceptors (Lipinski definition) is 4. The van der Waals surface area contributed by atoms with Crippen molar-refractivity contribution < 1.29 is 23.1 Å². The second-order valence-electron chi connectivity index (χ2n) is 7.35. The first-order chi connectivity index (χ1) is 14.0. The molecule has 0 spiro atoms. The van der Waals surface area contributed by atoms with Crippen LogP contribution in [0.25, 0.3) is 0 Å². The molecule has 0 aliphatic carbocycles. The molecule has 10 heteroatoms. The maximum atomic E-state index is 13.7. The Balaban J connectivity index is 1.81. The van der Waals surface area contributed by atoms with Crippen LogP contribution < -0.4 is 5.32 Å². The van der Waals surface area contributed by atoms with Crippen LogP contribution in [0.2, 0.25) is 10.0 Å². The van der Waals surface area contributed by atoms with Gasteiger partial charge in [-0.3, -0.25) is 9.69 Å². The number of nitrogens with one attached hydrogen (secondary N) is 1. The predicted molar refractivity (Wildman–Crippen MR) is 109 cm³/mol. The largest absolute Gasteiger partial charge is 0.481 e. The van der Waals surface area contributed by atoms with Gasteiger partial charge in [0.25, 0.3) is 0 Å². The summed E-state index contributed by atoms with van der Waals surface area (Å²) in [6.45, 7) is 2.91. The van der Waals surface area contributed by atoms with E-state index in [1.807, 2.05) is 4.90 Å². The third kappa shape index (κ3) is 5.36. The van der Waals surface area contributed by atoms with Crippen LogP contribution in [-0.2, 0) is 11.3 Å². The number of alkyl halides is 3. The molecule has 2 atom stereocenters. The lowest BCUT2D eigenvalue weighted by atomic mass is 10.0. The Bertz CT molecular complexity index is 940. The minimum Gasteiger partial charge on any atom is -0.481 e. The lowest BCUT2D eigenvalue weighted by Crippen LogP contribution is -2.28.